The van der Waals surface area contributed by atoms with Gasteiger partial charge in [-0.2, -0.15) is 0 Å². The Hall–Kier alpha value is -12.8. The van der Waals surface area contributed by atoms with Crippen LogP contribution in [0.5, 0.6) is 5.75 Å². The molecule has 0 amide bonds. The Morgan fingerprint density at radius 2 is 0.690 bits per heavy atom. The maximum Gasteiger partial charge on any atom is 0.374 e. The van der Waals surface area contributed by atoms with Crippen molar-refractivity contribution in [3.05, 3.63) is 426 Å². The molecule has 0 aliphatic rings. The number of imidazole rings is 4. The third-order valence-corrected chi connectivity index (χ3v) is 16.9. The molecule has 0 radical (unpaired) electrons. The summed E-state index contributed by atoms with van der Waals surface area (Å²) >= 11 is 0. The van der Waals surface area contributed by atoms with Crippen LogP contribution in [0.2, 0.25) is 0 Å². The second-order valence-corrected chi connectivity index (χ2v) is 22.6. The molecule has 4 aromatic heterocycles. The molecule has 14 rings (SSSR count). The number of aliphatic hydroxyl groups excluding tert-OH is 1. The SMILES string of the molecule is CCOC(=O)c1ncc[nH]1.CCOC(=O)c1nccn1C(c1ccccc1)(c1ccccc1)c1ccccc1.O=C(O)c1ccc(OCc2nccn2C(c2ccccc2)(c2ccccc2)c2ccccc2)cc1.OCc1nccn1C(c1ccccc1)(c1ccccc1)c1ccccc1. The average molecular weight is 1320 g/mol. The topological polar surface area (TPSA) is 202 Å². The first kappa shape index (κ1) is 68.6. The van der Waals surface area contributed by atoms with Crippen LogP contribution >= 0.6 is 0 Å². The lowest BCUT2D eigenvalue weighted by Crippen LogP contribution is -2.39. The van der Waals surface area contributed by atoms with Gasteiger partial charge in [-0.1, -0.05) is 273 Å². The first-order valence-corrected chi connectivity index (χ1v) is 32.7. The van der Waals surface area contributed by atoms with Crippen LogP contribution in [0.25, 0.3) is 0 Å². The highest BCUT2D eigenvalue weighted by atomic mass is 16.5. The number of rotatable bonds is 21. The molecule has 498 valence electrons. The van der Waals surface area contributed by atoms with E-state index in [1.165, 1.54) is 18.3 Å². The maximum absolute atomic E-state index is 12.8. The number of carbonyl (C=O) groups excluding carboxylic acids is 2. The number of H-pyrrole nitrogens is 1. The van der Waals surface area contributed by atoms with Gasteiger partial charge in [-0.15, -0.1) is 0 Å². The summed E-state index contributed by atoms with van der Waals surface area (Å²) in [5.41, 5.74) is 7.89. The number of ether oxygens (including phenoxy) is 3. The van der Waals surface area contributed by atoms with E-state index in [0.29, 0.717) is 24.8 Å². The summed E-state index contributed by atoms with van der Waals surface area (Å²) < 4.78 is 22.2. The summed E-state index contributed by atoms with van der Waals surface area (Å²) in [6.07, 6.45) is 14.0. The molecule has 16 nitrogen and oxygen atoms in total. The fourth-order valence-corrected chi connectivity index (χ4v) is 12.7. The van der Waals surface area contributed by atoms with Crippen molar-refractivity contribution in [3.63, 3.8) is 0 Å². The maximum atomic E-state index is 12.8. The van der Waals surface area contributed by atoms with Crippen molar-refractivity contribution in [1.29, 1.82) is 0 Å². The van der Waals surface area contributed by atoms with E-state index < -0.39 is 34.5 Å². The molecule has 16 heteroatoms. The second-order valence-electron chi connectivity index (χ2n) is 22.6. The lowest BCUT2D eigenvalue weighted by Gasteiger charge is -2.38. The predicted octanol–water partition coefficient (Wildman–Crippen LogP) is 15.7. The molecule has 0 fully saturated rings. The van der Waals surface area contributed by atoms with E-state index in [2.05, 4.69) is 148 Å². The summed E-state index contributed by atoms with van der Waals surface area (Å²) in [6.45, 7) is 4.31. The van der Waals surface area contributed by atoms with Gasteiger partial charge in [0.2, 0.25) is 11.6 Å². The minimum absolute atomic E-state index is 0.124. The number of aromatic carboxylic acids is 1. The summed E-state index contributed by atoms with van der Waals surface area (Å²) in [5, 5.41) is 19.1. The van der Waals surface area contributed by atoms with Crippen LogP contribution in [-0.2, 0) is 39.3 Å². The zero-order chi connectivity index (χ0) is 69.4. The number of nitrogens with one attached hydrogen (secondary N) is 1. The lowest BCUT2D eigenvalue weighted by molar-refractivity contribution is 0.0497. The van der Waals surface area contributed by atoms with E-state index >= 15 is 0 Å². The van der Waals surface area contributed by atoms with Gasteiger partial charge in [0, 0.05) is 49.6 Å². The van der Waals surface area contributed by atoms with Crippen molar-refractivity contribution in [1.82, 2.24) is 38.6 Å². The monoisotopic (exact) mass is 1320 g/mol. The number of benzene rings is 10. The largest absolute Gasteiger partial charge is 0.486 e. The highest BCUT2D eigenvalue weighted by Gasteiger charge is 2.43. The van der Waals surface area contributed by atoms with Gasteiger partial charge in [0.25, 0.3) is 0 Å². The van der Waals surface area contributed by atoms with Gasteiger partial charge in [0.15, 0.2) is 0 Å². The van der Waals surface area contributed by atoms with Crippen LogP contribution in [0.4, 0.5) is 0 Å². The van der Waals surface area contributed by atoms with Gasteiger partial charge in [-0.3, -0.25) is 0 Å². The normalized spacial score (nSPS) is 11.1. The van der Waals surface area contributed by atoms with Crippen molar-refractivity contribution < 1.29 is 38.8 Å². The molecule has 0 aliphatic carbocycles. The summed E-state index contributed by atoms with van der Waals surface area (Å²) in [7, 11) is 0. The van der Waals surface area contributed by atoms with E-state index in [0.717, 1.165) is 55.9 Å². The smallest absolute Gasteiger partial charge is 0.374 e. The molecule has 0 spiro atoms. The minimum atomic E-state index is -0.967. The van der Waals surface area contributed by atoms with Crippen LogP contribution < -0.4 is 4.74 Å². The van der Waals surface area contributed by atoms with Gasteiger partial charge in [0.1, 0.15) is 47.2 Å². The molecule has 0 aliphatic heterocycles. The molecule has 100 heavy (non-hydrogen) atoms. The van der Waals surface area contributed by atoms with Gasteiger partial charge >= 0.3 is 17.9 Å². The minimum Gasteiger partial charge on any atom is -0.486 e. The number of nitrogens with zero attached hydrogens (tertiary/aromatic N) is 7. The third-order valence-electron chi connectivity index (χ3n) is 16.9. The number of hydrogen-bond donors (Lipinski definition) is 3. The van der Waals surface area contributed by atoms with Gasteiger partial charge in [0.05, 0.1) is 18.8 Å². The fourth-order valence-electron chi connectivity index (χ4n) is 12.7. The Kier molecular flexibility index (Phi) is 22.8. The molecule has 0 unspecified atom stereocenters. The Morgan fingerprint density at radius 3 is 1.01 bits per heavy atom. The fraction of sp³-hybridized carbons (Fsp3) is 0.107. The van der Waals surface area contributed by atoms with Crippen molar-refractivity contribution in [2.75, 3.05) is 13.2 Å². The molecule has 0 bridgehead atoms. The predicted molar refractivity (Wildman–Crippen MR) is 385 cm³/mol. The van der Waals surface area contributed by atoms with Gasteiger partial charge in [-0.25, -0.2) is 34.3 Å². The van der Waals surface area contributed by atoms with Crippen molar-refractivity contribution in [2.45, 2.75) is 43.7 Å². The Labute approximate surface area is 580 Å². The summed E-state index contributed by atoms with van der Waals surface area (Å²) in [6, 6.07) is 99.1. The standard InChI is InChI=1S/C30H24N2O3.C25H22N2O2.C23H20N2O.C6H8N2O2/c33-29(34)23-16-18-27(19-17-23)35-22-28-31-20-21-32(28)30(24-10-4-1-5-11-24,25-12-6-2-7-13-25)26-14-8-3-9-15-26;1-2-29-24(28)23-26-18-19-27(23)25(20-12-6-3-7-13-20,21-14-8-4-9-15-21)22-16-10-5-11-17-22;26-18-22-24-16-17-25(22)23(19-10-4-1-5-11-19,20-12-6-2-7-13-20)21-14-8-3-9-15-21;1-2-10-6(9)5-7-3-4-8-5/h1-21H,22H2,(H,33,34);3-19H,2H2,1H3;1-17,26H,18H2;3-4H,2H2,1H3,(H,7,8). The number of aromatic nitrogens is 8. The van der Waals surface area contributed by atoms with Gasteiger partial charge in [-0.05, 0) is 88.2 Å². The van der Waals surface area contributed by atoms with Crippen molar-refractivity contribution >= 4 is 17.9 Å². The molecule has 0 atom stereocenters. The number of hydrogen-bond acceptors (Lipinski definition) is 11. The molecule has 14 aromatic rings. The first-order chi connectivity index (χ1) is 49.2. The molecule has 3 N–H and O–H groups in total. The van der Waals surface area contributed by atoms with Crippen LogP contribution in [0.3, 0.4) is 0 Å². The average Bonchev–Trinajstić information content (AvgIpc) is 1.24. The number of carbonyl (C=O) groups is 3. The van der Waals surface area contributed by atoms with Crippen LogP contribution in [0.15, 0.2) is 347 Å². The number of carboxylic acids is 1. The molecule has 0 saturated heterocycles. The van der Waals surface area contributed by atoms with E-state index in [9.17, 15) is 19.5 Å². The zero-order valence-corrected chi connectivity index (χ0v) is 55.2. The highest BCUT2D eigenvalue weighted by Crippen LogP contribution is 2.45. The Balaban J connectivity index is 0.000000142. The Bertz CT molecular complexity index is 4490. The first-order valence-electron chi connectivity index (χ1n) is 32.7. The van der Waals surface area contributed by atoms with Crippen LogP contribution in [0.1, 0.15) is 107 Å². The summed E-state index contributed by atoms with van der Waals surface area (Å²) in [5.74, 6) is 0.646. The quantitative estimate of drug-likeness (QED) is 0.0455. The molecule has 4 heterocycles. The van der Waals surface area contributed by atoms with E-state index in [-0.39, 0.29) is 30.4 Å². The van der Waals surface area contributed by atoms with E-state index in [4.69, 9.17) is 14.6 Å². The highest BCUT2D eigenvalue weighted by molar-refractivity contribution is 5.88. The van der Waals surface area contributed by atoms with Gasteiger partial charge < -0.3 is 43.1 Å². The summed E-state index contributed by atoms with van der Waals surface area (Å²) in [4.78, 5) is 54.5. The lowest BCUT2D eigenvalue weighted by atomic mass is 9.76. The number of aliphatic hydroxyl groups is 1. The zero-order valence-electron chi connectivity index (χ0n) is 55.2. The van der Waals surface area contributed by atoms with E-state index in [1.807, 2.05) is 187 Å². The number of carboxylic acid groups (broad SMARTS) is 1. The Morgan fingerprint density at radius 1 is 0.380 bits per heavy atom. The van der Waals surface area contributed by atoms with Crippen LogP contribution in [-0.4, -0.2) is 80.0 Å². The van der Waals surface area contributed by atoms with E-state index in [1.54, 1.807) is 50.8 Å². The second kappa shape index (κ2) is 33.2. The van der Waals surface area contributed by atoms with Crippen LogP contribution in [0, 0.1) is 0 Å². The molecular weight excluding hydrogens is 1250 g/mol. The van der Waals surface area contributed by atoms with Crippen molar-refractivity contribution in [3.8, 4) is 5.75 Å². The number of aromatic amines is 1. The van der Waals surface area contributed by atoms with Crippen molar-refractivity contribution in [2.24, 2.45) is 0 Å². The molecule has 0 saturated carbocycles. The third kappa shape index (κ3) is 14.6. The number of esters is 2. The molecule has 10 aromatic carbocycles. The molecular formula is C84H74N8O8.